The molecule has 0 aliphatic rings. The number of phenolic OH excluding ortho intramolecular Hbond substituents is 1. The van der Waals surface area contributed by atoms with E-state index in [0.29, 0.717) is 11.1 Å². The molecule has 3 amide bonds. The highest BCUT2D eigenvalue weighted by Gasteiger charge is 2.32. The van der Waals surface area contributed by atoms with Crippen molar-refractivity contribution < 1.29 is 34.5 Å². The van der Waals surface area contributed by atoms with Gasteiger partial charge >= 0.3 is 5.97 Å². The molecule has 3 aromatic rings. The molecule has 0 aliphatic carbocycles. The highest BCUT2D eigenvalue weighted by molar-refractivity contribution is 7.80. The molecule has 0 spiro atoms. The maximum atomic E-state index is 13.5. The number of aliphatic carboxylic acids is 1. The van der Waals surface area contributed by atoms with Crippen LogP contribution in [0.1, 0.15) is 18.1 Å². The number of hydrogen-bond donors (Lipinski definition) is 9. The van der Waals surface area contributed by atoms with Gasteiger partial charge in [0.25, 0.3) is 0 Å². The number of aliphatic hydroxyl groups is 1. The lowest BCUT2D eigenvalue weighted by Crippen LogP contribution is -2.59. The summed E-state index contributed by atoms with van der Waals surface area (Å²) >= 11 is 4.03. The Kier molecular flexibility index (Phi) is 10.5. The molecule has 5 unspecified atom stereocenters. The zero-order valence-electron chi connectivity index (χ0n) is 21.7. The van der Waals surface area contributed by atoms with Gasteiger partial charge in [0.1, 0.15) is 17.8 Å². The first kappa shape index (κ1) is 30.5. The van der Waals surface area contributed by atoms with Crippen LogP contribution in [-0.4, -0.2) is 80.0 Å². The van der Waals surface area contributed by atoms with Crippen LogP contribution < -0.4 is 21.7 Å². The van der Waals surface area contributed by atoms with Gasteiger partial charge in [0.15, 0.2) is 6.04 Å². The maximum absolute atomic E-state index is 13.5. The Labute approximate surface area is 235 Å². The van der Waals surface area contributed by atoms with Crippen molar-refractivity contribution in [2.24, 2.45) is 5.73 Å². The monoisotopic (exact) mass is 571 g/mol. The lowest BCUT2D eigenvalue weighted by molar-refractivity contribution is -0.145. The SMILES string of the molecule is CC(O)C(NC(=O)C(Cc1c[nH]c2ccccc12)NC(=O)C(Cc1ccc(O)cc1)NC(=O)C(N)CS)C(=O)O. The number of aliphatic hydroxyl groups excluding tert-OH is 1. The number of nitrogens with two attached hydrogens (primary N) is 1. The van der Waals surface area contributed by atoms with Crippen LogP contribution in [0.2, 0.25) is 0 Å². The van der Waals surface area contributed by atoms with E-state index in [1.807, 2.05) is 24.3 Å². The van der Waals surface area contributed by atoms with Gasteiger partial charge in [-0.1, -0.05) is 30.3 Å². The van der Waals surface area contributed by atoms with Crippen LogP contribution in [0.25, 0.3) is 10.9 Å². The van der Waals surface area contributed by atoms with Gasteiger partial charge in [0.2, 0.25) is 17.7 Å². The van der Waals surface area contributed by atoms with Gasteiger partial charge in [-0.3, -0.25) is 14.4 Å². The number of H-pyrrole nitrogens is 1. The number of rotatable bonds is 13. The number of nitrogens with one attached hydrogen (secondary N) is 4. The average Bonchev–Trinajstić information content (AvgIpc) is 3.33. The second-order valence-corrected chi connectivity index (χ2v) is 9.78. The number of carbonyl (C=O) groups is 4. The molecule has 1 aromatic heterocycles. The van der Waals surface area contributed by atoms with E-state index in [9.17, 15) is 34.5 Å². The van der Waals surface area contributed by atoms with Gasteiger partial charge < -0.3 is 42.0 Å². The molecule has 40 heavy (non-hydrogen) atoms. The van der Waals surface area contributed by atoms with Gasteiger partial charge in [0.05, 0.1) is 12.1 Å². The number of aromatic nitrogens is 1. The summed E-state index contributed by atoms with van der Waals surface area (Å²) in [4.78, 5) is 54.1. The topological polar surface area (TPSA) is 207 Å². The van der Waals surface area contributed by atoms with Crippen molar-refractivity contribution in [1.82, 2.24) is 20.9 Å². The van der Waals surface area contributed by atoms with Gasteiger partial charge in [-0.05, 0) is 36.2 Å². The summed E-state index contributed by atoms with van der Waals surface area (Å²) in [5, 5.41) is 37.2. The molecule has 0 bridgehead atoms. The van der Waals surface area contributed by atoms with Crippen LogP contribution in [0.5, 0.6) is 5.75 Å². The first-order valence-corrected chi connectivity index (χ1v) is 13.1. The van der Waals surface area contributed by atoms with E-state index in [0.717, 1.165) is 10.9 Å². The maximum Gasteiger partial charge on any atom is 0.328 e. The molecule has 0 saturated heterocycles. The fourth-order valence-electron chi connectivity index (χ4n) is 4.08. The van der Waals surface area contributed by atoms with Crippen LogP contribution >= 0.6 is 12.6 Å². The number of fused-ring (bicyclic) bond motifs is 1. The van der Waals surface area contributed by atoms with E-state index in [1.54, 1.807) is 18.3 Å². The van der Waals surface area contributed by atoms with Crippen molar-refractivity contribution in [2.75, 3.05) is 5.75 Å². The fraction of sp³-hybridized carbons (Fsp3) is 0.333. The highest BCUT2D eigenvalue weighted by atomic mass is 32.1. The van der Waals surface area contributed by atoms with Crippen molar-refractivity contribution in [1.29, 1.82) is 0 Å². The molecule has 12 nitrogen and oxygen atoms in total. The summed E-state index contributed by atoms with van der Waals surface area (Å²) in [6, 6.07) is 8.29. The number of carbonyl (C=O) groups excluding carboxylic acids is 3. The van der Waals surface area contributed by atoms with Crippen LogP contribution in [0.15, 0.2) is 54.7 Å². The van der Waals surface area contributed by atoms with E-state index in [2.05, 4.69) is 33.6 Å². The standard InChI is InChI=1S/C27H33N5O7S/c1-14(33)23(27(38)39)32-26(37)22(11-16-12-29-20-5-3-2-4-18(16)20)31-25(36)21(30-24(35)19(28)13-40)10-15-6-8-17(34)9-7-15/h2-9,12,14,19,21-23,29,33-34,40H,10-11,13,28H2,1H3,(H,30,35)(H,31,36)(H,32,37)(H,38,39). The predicted octanol–water partition coefficient (Wildman–Crippen LogP) is -0.164. The zero-order chi connectivity index (χ0) is 29.4. The minimum Gasteiger partial charge on any atom is -0.508 e. The first-order valence-electron chi connectivity index (χ1n) is 12.5. The van der Waals surface area contributed by atoms with Crippen LogP contribution in [0.4, 0.5) is 0 Å². The minimum atomic E-state index is -1.62. The smallest absolute Gasteiger partial charge is 0.328 e. The Morgan fingerprint density at radius 1 is 0.925 bits per heavy atom. The van der Waals surface area contributed by atoms with E-state index in [-0.39, 0.29) is 24.3 Å². The van der Waals surface area contributed by atoms with Crippen LogP contribution in [0, 0.1) is 0 Å². The van der Waals surface area contributed by atoms with Crippen molar-refractivity contribution in [3.05, 3.63) is 65.9 Å². The molecule has 0 fully saturated rings. The normalized spacial score (nSPS) is 14.9. The minimum absolute atomic E-state index is 0.00396. The molecule has 9 N–H and O–H groups in total. The van der Waals surface area contributed by atoms with Crippen LogP contribution in [0.3, 0.4) is 0 Å². The Hall–Kier alpha value is -4.07. The molecule has 13 heteroatoms. The highest BCUT2D eigenvalue weighted by Crippen LogP contribution is 2.19. The molecular formula is C27H33N5O7S. The third-order valence-corrected chi connectivity index (χ3v) is 6.71. The van der Waals surface area contributed by atoms with Crippen LogP contribution in [-0.2, 0) is 32.0 Å². The molecule has 2 aromatic carbocycles. The number of amides is 3. The van der Waals surface area contributed by atoms with Gasteiger partial charge in [-0.15, -0.1) is 0 Å². The number of hydrogen-bond acceptors (Lipinski definition) is 8. The lowest BCUT2D eigenvalue weighted by Gasteiger charge is -2.26. The Balaban J connectivity index is 1.91. The third kappa shape index (κ3) is 7.97. The van der Waals surface area contributed by atoms with Gasteiger partial charge in [0, 0.05) is 35.7 Å². The first-order chi connectivity index (χ1) is 19.0. The Morgan fingerprint density at radius 2 is 1.52 bits per heavy atom. The van der Waals surface area contributed by atoms with E-state index in [1.165, 1.54) is 19.1 Å². The van der Waals surface area contributed by atoms with Crippen molar-refractivity contribution in [2.45, 2.75) is 50.0 Å². The van der Waals surface area contributed by atoms with Gasteiger partial charge in [-0.2, -0.15) is 12.6 Å². The number of carboxylic acids is 1. The largest absolute Gasteiger partial charge is 0.508 e. The molecule has 1 heterocycles. The third-order valence-electron chi connectivity index (χ3n) is 6.32. The molecule has 0 radical (unpaired) electrons. The van der Waals surface area contributed by atoms with E-state index in [4.69, 9.17) is 5.73 Å². The molecule has 5 atom stereocenters. The summed E-state index contributed by atoms with van der Waals surface area (Å²) in [6.45, 7) is 1.22. The molecule has 0 aliphatic heterocycles. The second-order valence-electron chi connectivity index (χ2n) is 9.41. The molecule has 214 valence electrons. The Bertz CT molecular complexity index is 1340. The zero-order valence-corrected chi connectivity index (χ0v) is 22.6. The number of para-hydroxylation sites is 1. The number of aromatic amines is 1. The van der Waals surface area contributed by atoms with Crippen molar-refractivity contribution >= 4 is 47.2 Å². The predicted molar refractivity (Wildman–Crippen MR) is 151 cm³/mol. The Morgan fingerprint density at radius 3 is 2.15 bits per heavy atom. The molecule has 0 saturated carbocycles. The van der Waals surface area contributed by atoms with Crippen molar-refractivity contribution in [3.63, 3.8) is 0 Å². The fourth-order valence-corrected chi connectivity index (χ4v) is 4.25. The number of phenols is 1. The van der Waals surface area contributed by atoms with Crippen molar-refractivity contribution in [3.8, 4) is 5.75 Å². The number of aromatic hydroxyl groups is 1. The average molecular weight is 572 g/mol. The van der Waals surface area contributed by atoms with E-state index >= 15 is 0 Å². The lowest BCUT2D eigenvalue weighted by atomic mass is 10.0. The number of thiol groups is 1. The van der Waals surface area contributed by atoms with Gasteiger partial charge in [-0.25, -0.2) is 4.79 Å². The number of carboxylic acid groups (broad SMARTS) is 1. The summed E-state index contributed by atoms with van der Waals surface area (Å²) in [5.41, 5.74) is 7.87. The number of benzene rings is 2. The van der Waals surface area contributed by atoms with E-state index < -0.39 is 54.0 Å². The second kappa shape index (κ2) is 13.8. The summed E-state index contributed by atoms with van der Waals surface area (Å²) in [7, 11) is 0. The quantitative estimate of drug-likeness (QED) is 0.126. The molecular weight excluding hydrogens is 538 g/mol. The molecule has 3 rings (SSSR count). The summed E-state index contributed by atoms with van der Waals surface area (Å²) < 4.78 is 0. The summed E-state index contributed by atoms with van der Waals surface area (Å²) in [6.07, 6.45) is 0.255. The summed E-state index contributed by atoms with van der Waals surface area (Å²) in [5.74, 6) is -3.59.